The minimum absolute atomic E-state index is 0.245. The first-order chi connectivity index (χ1) is 8.38. The average Bonchev–Trinajstić information content (AvgIpc) is 2.30. The molecule has 1 heterocycles. The Morgan fingerprint density at radius 3 is 1.94 bits per heavy atom. The van der Waals surface area contributed by atoms with Gasteiger partial charge in [-0.05, 0) is 34.6 Å². The maximum absolute atomic E-state index is 12.0. The topological polar surface area (TPSA) is 26.8 Å². The van der Waals surface area contributed by atoms with Crippen molar-refractivity contribution < 1.29 is 4.79 Å². The molecule has 1 fully saturated rings. The van der Waals surface area contributed by atoms with E-state index in [1.807, 2.05) is 18.7 Å². The van der Waals surface area contributed by atoms with E-state index in [0.29, 0.717) is 6.54 Å². The summed E-state index contributed by atoms with van der Waals surface area (Å²) < 4.78 is 0. The number of piperazine rings is 1. The Morgan fingerprint density at radius 1 is 1.06 bits per heavy atom. The summed E-state index contributed by atoms with van der Waals surface area (Å²) in [7, 11) is 0. The van der Waals surface area contributed by atoms with E-state index in [9.17, 15) is 4.79 Å². The van der Waals surface area contributed by atoms with Gasteiger partial charge in [0.15, 0.2) is 0 Å². The summed E-state index contributed by atoms with van der Waals surface area (Å²) >= 11 is 0. The van der Waals surface area contributed by atoms with Crippen molar-refractivity contribution in [3.8, 4) is 0 Å². The van der Waals surface area contributed by atoms with E-state index in [-0.39, 0.29) is 11.4 Å². The fourth-order valence-corrected chi connectivity index (χ4v) is 2.44. The van der Waals surface area contributed by atoms with Gasteiger partial charge in [-0.25, -0.2) is 0 Å². The Bertz CT molecular complexity index is 261. The van der Waals surface area contributed by atoms with Gasteiger partial charge in [0.1, 0.15) is 0 Å². The van der Waals surface area contributed by atoms with Gasteiger partial charge in [-0.1, -0.05) is 0 Å². The summed E-state index contributed by atoms with van der Waals surface area (Å²) in [5.41, 5.74) is 0.245. The van der Waals surface area contributed by atoms with Crippen molar-refractivity contribution in [2.45, 2.75) is 40.2 Å². The van der Waals surface area contributed by atoms with Crippen molar-refractivity contribution in [1.29, 1.82) is 0 Å². The molecule has 4 heteroatoms. The highest BCUT2D eigenvalue weighted by molar-refractivity contribution is 5.78. The van der Waals surface area contributed by atoms with Gasteiger partial charge in [0.2, 0.25) is 5.91 Å². The molecule has 0 N–H and O–H groups in total. The summed E-state index contributed by atoms with van der Waals surface area (Å²) in [4.78, 5) is 18.7. The highest BCUT2D eigenvalue weighted by Gasteiger charge is 2.26. The zero-order valence-corrected chi connectivity index (χ0v) is 12.7. The lowest BCUT2D eigenvalue weighted by molar-refractivity contribution is -0.132. The monoisotopic (exact) mass is 255 g/mol. The lowest BCUT2D eigenvalue weighted by Gasteiger charge is -2.42. The molecule has 0 atom stereocenters. The fourth-order valence-electron chi connectivity index (χ4n) is 2.44. The van der Waals surface area contributed by atoms with Gasteiger partial charge >= 0.3 is 0 Å². The molecule has 0 unspecified atom stereocenters. The number of carbonyl (C=O) groups is 1. The molecule has 0 spiro atoms. The van der Waals surface area contributed by atoms with Gasteiger partial charge in [-0.15, -0.1) is 0 Å². The molecular formula is C14H29N3O. The van der Waals surface area contributed by atoms with Crippen molar-refractivity contribution in [1.82, 2.24) is 14.7 Å². The molecule has 1 aliphatic heterocycles. The summed E-state index contributed by atoms with van der Waals surface area (Å²) in [6.45, 7) is 17.2. The Morgan fingerprint density at radius 2 is 1.56 bits per heavy atom. The minimum Gasteiger partial charge on any atom is -0.342 e. The molecule has 0 aliphatic carbocycles. The number of nitrogens with zero attached hydrogens (tertiary/aromatic N) is 3. The molecule has 0 radical (unpaired) electrons. The van der Waals surface area contributed by atoms with Crippen LogP contribution in [-0.4, -0.2) is 72.0 Å². The number of carbonyl (C=O) groups excluding carboxylic acids is 1. The summed E-state index contributed by atoms with van der Waals surface area (Å²) in [6, 6.07) is 0. The average molecular weight is 255 g/mol. The van der Waals surface area contributed by atoms with E-state index in [0.717, 1.165) is 39.3 Å². The Labute approximate surface area is 112 Å². The van der Waals surface area contributed by atoms with Gasteiger partial charge in [-0.3, -0.25) is 14.6 Å². The first kappa shape index (κ1) is 15.4. The SMILES string of the molecule is CCN(CC)C(=O)CN1CCN(C(C)(C)C)CC1. The van der Waals surface area contributed by atoms with Crippen LogP contribution >= 0.6 is 0 Å². The van der Waals surface area contributed by atoms with Crippen LogP contribution in [0.25, 0.3) is 0 Å². The molecule has 1 rings (SSSR count). The van der Waals surface area contributed by atoms with E-state index in [1.165, 1.54) is 0 Å². The second-order valence-corrected chi connectivity index (χ2v) is 6.00. The molecule has 0 saturated carbocycles. The van der Waals surface area contributed by atoms with Crippen molar-refractivity contribution in [3.63, 3.8) is 0 Å². The normalized spacial score (nSPS) is 18.9. The molecule has 0 bridgehead atoms. The summed E-state index contributed by atoms with van der Waals surface area (Å²) in [5.74, 6) is 0.268. The molecule has 0 aromatic heterocycles. The molecule has 1 saturated heterocycles. The van der Waals surface area contributed by atoms with Crippen molar-refractivity contribution >= 4 is 5.91 Å². The fraction of sp³-hybridized carbons (Fsp3) is 0.929. The number of hydrogen-bond donors (Lipinski definition) is 0. The van der Waals surface area contributed by atoms with Crippen molar-refractivity contribution in [3.05, 3.63) is 0 Å². The standard InChI is InChI=1S/C14H29N3O/c1-6-16(7-2)13(18)12-15-8-10-17(11-9-15)14(3,4)5/h6-12H2,1-5H3. The largest absolute Gasteiger partial charge is 0.342 e. The van der Waals surface area contributed by atoms with Crippen LogP contribution in [0.2, 0.25) is 0 Å². The van der Waals surface area contributed by atoms with E-state index in [1.54, 1.807) is 0 Å². The molecule has 0 aromatic rings. The molecule has 106 valence electrons. The van der Waals surface area contributed by atoms with E-state index in [2.05, 4.69) is 30.6 Å². The van der Waals surface area contributed by atoms with E-state index >= 15 is 0 Å². The zero-order chi connectivity index (χ0) is 13.8. The predicted octanol–water partition coefficient (Wildman–Crippen LogP) is 1.27. The molecule has 4 nitrogen and oxygen atoms in total. The van der Waals surface area contributed by atoms with Crippen LogP contribution in [0.3, 0.4) is 0 Å². The van der Waals surface area contributed by atoms with Gasteiger partial charge in [0.05, 0.1) is 6.54 Å². The molecule has 1 amide bonds. The lowest BCUT2D eigenvalue weighted by atomic mass is 10.1. The third kappa shape index (κ3) is 4.25. The van der Waals surface area contributed by atoms with Gasteiger partial charge in [0.25, 0.3) is 0 Å². The third-order valence-electron chi connectivity index (χ3n) is 3.80. The van der Waals surface area contributed by atoms with Crippen molar-refractivity contribution in [2.24, 2.45) is 0 Å². The number of likely N-dealkylation sites (N-methyl/N-ethyl adjacent to an activating group) is 1. The number of rotatable bonds is 4. The number of amides is 1. The first-order valence-corrected chi connectivity index (χ1v) is 7.13. The van der Waals surface area contributed by atoms with Crippen molar-refractivity contribution in [2.75, 3.05) is 45.8 Å². The van der Waals surface area contributed by atoms with Crippen LogP contribution in [0.4, 0.5) is 0 Å². The summed E-state index contributed by atoms with van der Waals surface area (Å²) in [6.07, 6.45) is 0. The van der Waals surface area contributed by atoms with Crippen LogP contribution in [0, 0.1) is 0 Å². The smallest absolute Gasteiger partial charge is 0.236 e. The second kappa shape index (κ2) is 6.53. The molecule has 1 aliphatic rings. The zero-order valence-electron chi connectivity index (χ0n) is 12.7. The highest BCUT2D eigenvalue weighted by Crippen LogP contribution is 2.15. The quantitative estimate of drug-likeness (QED) is 0.757. The van der Waals surface area contributed by atoms with E-state index in [4.69, 9.17) is 0 Å². The minimum atomic E-state index is 0.245. The van der Waals surface area contributed by atoms with Gasteiger partial charge in [-0.2, -0.15) is 0 Å². The van der Waals surface area contributed by atoms with Gasteiger partial charge in [0, 0.05) is 44.8 Å². The molecule has 18 heavy (non-hydrogen) atoms. The summed E-state index contributed by atoms with van der Waals surface area (Å²) in [5, 5.41) is 0. The van der Waals surface area contributed by atoms with Crippen LogP contribution in [0.1, 0.15) is 34.6 Å². The van der Waals surface area contributed by atoms with Crippen LogP contribution in [0.5, 0.6) is 0 Å². The maximum atomic E-state index is 12.0. The predicted molar refractivity (Wildman–Crippen MR) is 75.7 cm³/mol. The molecule has 0 aromatic carbocycles. The van der Waals surface area contributed by atoms with Crippen LogP contribution < -0.4 is 0 Å². The van der Waals surface area contributed by atoms with Gasteiger partial charge < -0.3 is 4.90 Å². The second-order valence-electron chi connectivity index (χ2n) is 6.00. The highest BCUT2D eigenvalue weighted by atomic mass is 16.2. The Balaban J connectivity index is 2.38. The van der Waals surface area contributed by atoms with Crippen LogP contribution in [0.15, 0.2) is 0 Å². The Hall–Kier alpha value is -0.610. The Kier molecular flexibility index (Phi) is 5.60. The molecular weight excluding hydrogens is 226 g/mol. The maximum Gasteiger partial charge on any atom is 0.236 e. The first-order valence-electron chi connectivity index (χ1n) is 7.13. The van der Waals surface area contributed by atoms with Crippen LogP contribution in [-0.2, 0) is 4.79 Å². The third-order valence-corrected chi connectivity index (χ3v) is 3.80. The van der Waals surface area contributed by atoms with E-state index < -0.39 is 0 Å². The lowest BCUT2D eigenvalue weighted by Crippen LogP contribution is -2.55. The number of hydrogen-bond acceptors (Lipinski definition) is 3.